The molecule has 0 radical (unpaired) electrons. The van der Waals surface area contributed by atoms with E-state index >= 15 is 0 Å². The summed E-state index contributed by atoms with van der Waals surface area (Å²) >= 11 is 0. The molecule has 1 aliphatic rings. The quantitative estimate of drug-likeness (QED) is 0.873. The zero-order valence-corrected chi connectivity index (χ0v) is 12.4. The molecule has 0 aromatic heterocycles. The maximum absolute atomic E-state index is 6.74. The molecule has 1 nitrogen and oxygen atoms in total. The van der Waals surface area contributed by atoms with Crippen molar-refractivity contribution in [1.82, 2.24) is 0 Å². The third-order valence-electron chi connectivity index (χ3n) is 4.96. The van der Waals surface area contributed by atoms with Crippen molar-refractivity contribution in [1.29, 1.82) is 0 Å². The summed E-state index contributed by atoms with van der Waals surface area (Å²) in [6.07, 6.45) is 3.69. The highest BCUT2D eigenvalue weighted by atomic mass is 14.7. The highest BCUT2D eigenvalue weighted by molar-refractivity contribution is 5.40. The van der Waals surface area contributed by atoms with Gasteiger partial charge in [-0.2, -0.15) is 0 Å². The molecule has 1 atom stereocenters. The van der Waals surface area contributed by atoms with Gasteiger partial charge in [-0.25, -0.2) is 0 Å². The Labute approximate surface area is 121 Å². The molecule has 1 heteroatoms. The lowest BCUT2D eigenvalue weighted by Gasteiger charge is -2.47. The van der Waals surface area contributed by atoms with Crippen LogP contribution >= 0.6 is 0 Å². The molecule has 0 spiro atoms. The highest BCUT2D eigenvalue weighted by Crippen LogP contribution is 2.51. The Bertz CT molecular complexity index is 596. The van der Waals surface area contributed by atoms with Crippen LogP contribution in [-0.2, 0) is 5.41 Å². The molecule has 0 saturated heterocycles. The lowest BCUT2D eigenvalue weighted by molar-refractivity contribution is 0.196. The molecular formula is C19H23N. The van der Waals surface area contributed by atoms with Gasteiger partial charge in [0.1, 0.15) is 0 Å². The van der Waals surface area contributed by atoms with Gasteiger partial charge in [0.2, 0.25) is 0 Å². The van der Waals surface area contributed by atoms with Crippen molar-refractivity contribution >= 4 is 0 Å². The van der Waals surface area contributed by atoms with Gasteiger partial charge >= 0.3 is 0 Å². The predicted molar refractivity (Wildman–Crippen MR) is 84.8 cm³/mol. The zero-order valence-electron chi connectivity index (χ0n) is 12.4. The summed E-state index contributed by atoms with van der Waals surface area (Å²) in [6.45, 7) is 4.32. The number of nitrogens with two attached hydrogens (primary N) is 1. The summed E-state index contributed by atoms with van der Waals surface area (Å²) < 4.78 is 0. The SMILES string of the molecule is Cc1ccc(C)c(C(N)C2(c3ccccc3)CCC2)c1. The van der Waals surface area contributed by atoms with Crippen molar-refractivity contribution in [2.45, 2.75) is 44.6 Å². The molecule has 0 heterocycles. The first-order chi connectivity index (χ1) is 9.63. The molecule has 1 unspecified atom stereocenters. The molecule has 1 aliphatic carbocycles. The van der Waals surface area contributed by atoms with E-state index in [-0.39, 0.29) is 11.5 Å². The summed E-state index contributed by atoms with van der Waals surface area (Å²) in [4.78, 5) is 0. The lowest BCUT2D eigenvalue weighted by atomic mass is 9.58. The van der Waals surface area contributed by atoms with E-state index in [1.807, 2.05) is 0 Å². The minimum Gasteiger partial charge on any atom is -0.323 e. The number of hydrogen-bond acceptors (Lipinski definition) is 1. The molecule has 3 rings (SSSR count). The second-order valence-corrected chi connectivity index (χ2v) is 6.21. The monoisotopic (exact) mass is 265 g/mol. The summed E-state index contributed by atoms with van der Waals surface area (Å²) in [5.41, 5.74) is 12.2. The summed E-state index contributed by atoms with van der Waals surface area (Å²) in [6, 6.07) is 17.6. The maximum atomic E-state index is 6.74. The van der Waals surface area contributed by atoms with Gasteiger partial charge in [-0.15, -0.1) is 0 Å². The first-order valence-electron chi connectivity index (χ1n) is 7.52. The third-order valence-corrected chi connectivity index (χ3v) is 4.96. The first kappa shape index (κ1) is 13.4. The Morgan fingerprint density at radius 3 is 2.30 bits per heavy atom. The van der Waals surface area contributed by atoms with E-state index in [1.165, 1.54) is 41.5 Å². The topological polar surface area (TPSA) is 26.0 Å². The Hall–Kier alpha value is -1.60. The predicted octanol–water partition coefficient (Wildman–Crippen LogP) is 4.43. The Kier molecular flexibility index (Phi) is 3.39. The van der Waals surface area contributed by atoms with E-state index in [1.54, 1.807) is 0 Å². The van der Waals surface area contributed by atoms with Crippen LogP contribution in [0.3, 0.4) is 0 Å². The van der Waals surface area contributed by atoms with Crippen LogP contribution in [0.1, 0.15) is 47.6 Å². The van der Waals surface area contributed by atoms with Gasteiger partial charge in [0.25, 0.3) is 0 Å². The lowest BCUT2D eigenvalue weighted by Crippen LogP contribution is -2.44. The van der Waals surface area contributed by atoms with Crippen LogP contribution in [0.4, 0.5) is 0 Å². The van der Waals surface area contributed by atoms with Gasteiger partial charge in [0.05, 0.1) is 0 Å². The molecule has 0 aliphatic heterocycles. The smallest absolute Gasteiger partial charge is 0.0395 e. The van der Waals surface area contributed by atoms with Crippen LogP contribution < -0.4 is 5.73 Å². The van der Waals surface area contributed by atoms with E-state index in [9.17, 15) is 0 Å². The minimum atomic E-state index is 0.0959. The molecule has 20 heavy (non-hydrogen) atoms. The molecular weight excluding hydrogens is 242 g/mol. The van der Waals surface area contributed by atoms with Crippen LogP contribution in [0.5, 0.6) is 0 Å². The van der Waals surface area contributed by atoms with Gasteiger partial charge in [-0.05, 0) is 43.4 Å². The largest absolute Gasteiger partial charge is 0.323 e. The third kappa shape index (κ3) is 2.06. The van der Waals surface area contributed by atoms with Gasteiger partial charge in [0.15, 0.2) is 0 Å². The van der Waals surface area contributed by atoms with Crippen LogP contribution in [0.15, 0.2) is 48.5 Å². The molecule has 2 N–H and O–H groups in total. The van der Waals surface area contributed by atoms with E-state index in [0.717, 1.165) is 0 Å². The van der Waals surface area contributed by atoms with E-state index in [0.29, 0.717) is 0 Å². The van der Waals surface area contributed by atoms with Gasteiger partial charge in [-0.3, -0.25) is 0 Å². The molecule has 1 saturated carbocycles. The van der Waals surface area contributed by atoms with Crippen molar-refractivity contribution in [3.05, 3.63) is 70.8 Å². The van der Waals surface area contributed by atoms with Gasteiger partial charge < -0.3 is 5.73 Å². The molecule has 2 aromatic rings. The standard InChI is InChI=1S/C19H23N/c1-14-9-10-15(2)17(13-14)18(20)19(11-6-12-19)16-7-4-3-5-8-16/h3-5,7-10,13,18H,6,11-12,20H2,1-2H3. The van der Waals surface area contributed by atoms with Crippen LogP contribution in [0, 0.1) is 13.8 Å². The van der Waals surface area contributed by atoms with Crippen molar-refractivity contribution in [3.63, 3.8) is 0 Å². The van der Waals surface area contributed by atoms with Crippen LogP contribution in [-0.4, -0.2) is 0 Å². The zero-order chi connectivity index (χ0) is 14.2. The first-order valence-corrected chi connectivity index (χ1v) is 7.52. The second kappa shape index (κ2) is 5.06. The number of rotatable bonds is 3. The minimum absolute atomic E-state index is 0.0959. The number of benzene rings is 2. The fraction of sp³-hybridized carbons (Fsp3) is 0.368. The fourth-order valence-corrected chi connectivity index (χ4v) is 3.50. The Balaban J connectivity index is 2.03. The van der Waals surface area contributed by atoms with Crippen molar-refractivity contribution < 1.29 is 0 Å². The van der Waals surface area contributed by atoms with Gasteiger partial charge in [-0.1, -0.05) is 60.5 Å². The second-order valence-electron chi connectivity index (χ2n) is 6.21. The molecule has 104 valence electrons. The summed E-state index contributed by atoms with van der Waals surface area (Å²) in [5, 5.41) is 0. The molecule has 2 aromatic carbocycles. The number of hydrogen-bond donors (Lipinski definition) is 1. The summed E-state index contributed by atoms with van der Waals surface area (Å²) in [7, 11) is 0. The van der Waals surface area contributed by atoms with E-state index in [2.05, 4.69) is 62.4 Å². The highest BCUT2D eigenvalue weighted by Gasteiger charge is 2.44. The molecule has 1 fully saturated rings. The van der Waals surface area contributed by atoms with Crippen LogP contribution in [0.2, 0.25) is 0 Å². The van der Waals surface area contributed by atoms with Gasteiger partial charge in [0, 0.05) is 11.5 Å². The average molecular weight is 265 g/mol. The maximum Gasteiger partial charge on any atom is 0.0395 e. The molecule has 0 bridgehead atoms. The van der Waals surface area contributed by atoms with E-state index in [4.69, 9.17) is 5.73 Å². The Morgan fingerprint density at radius 1 is 1.00 bits per heavy atom. The normalized spacial score (nSPS) is 18.4. The number of aryl methyl sites for hydroxylation is 2. The average Bonchev–Trinajstić information content (AvgIpc) is 2.41. The van der Waals surface area contributed by atoms with Crippen LogP contribution in [0.25, 0.3) is 0 Å². The van der Waals surface area contributed by atoms with E-state index < -0.39 is 0 Å². The fourth-order valence-electron chi connectivity index (χ4n) is 3.50. The van der Waals surface area contributed by atoms with Crippen molar-refractivity contribution in [3.8, 4) is 0 Å². The Morgan fingerprint density at radius 2 is 1.70 bits per heavy atom. The molecule has 0 amide bonds. The van der Waals surface area contributed by atoms with Crippen molar-refractivity contribution in [2.75, 3.05) is 0 Å². The van der Waals surface area contributed by atoms with Crippen molar-refractivity contribution in [2.24, 2.45) is 5.73 Å². The summed E-state index contributed by atoms with van der Waals surface area (Å²) in [5.74, 6) is 0.